The monoisotopic (exact) mass is 474 g/mol. The number of rotatable bonds is 8. The Hall–Kier alpha value is -2.54. The van der Waals surface area contributed by atoms with Crippen LogP contribution in [0, 0.1) is 0 Å². The van der Waals surface area contributed by atoms with Gasteiger partial charge in [0.05, 0.1) is 20.1 Å². The van der Waals surface area contributed by atoms with Gasteiger partial charge >= 0.3 is 0 Å². The summed E-state index contributed by atoms with van der Waals surface area (Å²) in [5.74, 6) is 1.74. The molecule has 1 saturated heterocycles. The summed E-state index contributed by atoms with van der Waals surface area (Å²) in [5, 5.41) is 0. The predicted octanol–water partition coefficient (Wildman–Crippen LogP) is 3.53. The molecule has 2 aromatic carbocycles. The first-order chi connectivity index (χ1) is 14.5. The minimum absolute atomic E-state index is 0.0813. The third kappa shape index (κ3) is 6.49. The van der Waals surface area contributed by atoms with E-state index >= 15 is 0 Å². The minimum atomic E-state index is 0.0813. The number of hydrogen-bond donors (Lipinski definition) is 0. The highest BCUT2D eigenvalue weighted by Crippen LogP contribution is 2.18. The summed E-state index contributed by atoms with van der Waals surface area (Å²) in [6, 6.07) is 15.2. The summed E-state index contributed by atoms with van der Waals surface area (Å²) >= 11 is 3.41. The lowest BCUT2D eigenvalue weighted by molar-refractivity contribution is -0.139. The van der Waals surface area contributed by atoms with Gasteiger partial charge in [0.1, 0.15) is 11.5 Å². The van der Waals surface area contributed by atoms with Crippen LogP contribution in [-0.4, -0.2) is 61.5 Å². The molecule has 1 fully saturated rings. The van der Waals surface area contributed by atoms with Gasteiger partial charge in [0, 0.05) is 37.1 Å². The minimum Gasteiger partial charge on any atom is -0.497 e. The van der Waals surface area contributed by atoms with Crippen LogP contribution >= 0.6 is 15.9 Å². The van der Waals surface area contributed by atoms with E-state index in [-0.39, 0.29) is 11.8 Å². The number of piperazine rings is 1. The second kappa shape index (κ2) is 11.0. The summed E-state index contributed by atoms with van der Waals surface area (Å²) in [7, 11) is 1.62. The maximum absolute atomic E-state index is 12.6. The van der Waals surface area contributed by atoms with E-state index in [0.29, 0.717) is 52.0 Å². The zero-order valence-electron chi connectivity index (χ0n) is 17.2. The smallest absolute Gasteiger partial charge is 0.227 e. The molecule has 0 N–H and O–H groups in total. The predicted molar refractivity (Wildman–Crippen MR) is 119 cm³/mol. The van der Waals surface area contributed by atoms with E-state index in [1.165, 1.54) is 0 Å². The Bertz CT molecular complexity index is 866. The number of methoxy groups -OCH3 is 1. The molecule has 1 aliphatic rings. The number of halogens is 1. The molecule has 0 atom stereocenters. The molecule has 0 bridgehead atoms. The van der Waals surface area contributed by atoms with Gasteiger partial charge in [0.2, 0.25) is 11.8 Å². The molecule has 30 heavy (non-hydrogen) atoms. The van der Waals surface area contributed by atoms with Crippen molar-refractivity contribution in [2.24, 2.45) is 0 Å². The zero-order valence-corrected chi connectivity index (χ0v) is 18.8. The Morgan fingerprint density at radius 2 is 1.60 bits per heavy atom. The molecule has 0 aromatic heterocycles. The maximum atomic E-state index is 12.6. The number of carbonyl (C=O) groups excluding carboxylic acids is 2. The van der Waals surface area contributed by atoms with E-state index in [9.17, 15) is 9.59 Å². The molecule has 1 heterocycles. The van der Waals surface area contributed by atoms with Crippen LogP contribution in [-0.2, 0) is 16.0 Å². The van der Waals surface area contributed by atoms with Crippen molar-refractivity contribution >= 4 is 27.7 Å². The van der Waals surface area contributed by atoms with Crippen molar-refractivity contribution in [2.75, 3.05) is 39.9 Å². The summed E-state index contributed by atoms with van der Waals surface area (Å²) in [4.78, 5) is 28.7. The van der Waals surface area contributed by atoms with Gasteiger partial charge < -0.3 is 19.3 Å². The quantitative estimate of drug-likeness (QED) is 0.549. The van der Waals surface area contributed by atoms with E-state index in [4.69, 9.17) is 9.47 Å². The average Bonchev–Trinajstić information content (AvgIpc) is 2.77. The van der Waals surface area contributed by atoms with Crippen LogP contribution < -0.4 is 9.47 Å². The molecule has 160 valence electrons. The summed E-state index contributed by atoms with van der Waals surface area (Å²) in [5.41, 5.74) is 0.934. The highest BCUT2D eigenvalue weighted by Gasteiger charge is 2.23. The summed E-state index contributed by atoms with van der Waals surface area (Å²) < 4.78 is 11.9. The van der Waals surface area contributed by atoms with Gasteiger partial charge in [-0.3, -0.25) is 9.59 Å². The average molecular weight is 475 g/mol. The zero-order chi connectivity index (χ0) is 21.3. The molecular weight excluding hydrogens is 448 g/mol. The number of carbonyl (C=O) groups is 2. The van der Waals surface area contributed by atoms with E-state index < -0.39 is 0 Å². The van der Waals surface area contributed by atoms with Crippen molar-refractivity contribution in [3.05, 3.63) is 58.6 Å². The molecule has 2 amide bonds. The van der Waals surface area contributed by atoms with Gasteiger partial charge in [-0.05, 0) is 42.3 Å². The highest BCUT2D eigenvalue weighted by atomic mass is 79.9. The fourth-order valence-electron chi connectivity index (χ4n) is 3.40. The molecule has 0 saturated carbocycles. The van der Waals surface area contributed by atoms with Gasteiger partial charge in [-0.2, -0.15) is 0 Å². The van der Waals surface area contributed by atoms with Crippen LogP contribution in [0.15, 0.2) is 53.0 Å². The third-order valence-electron chi connectivity index (χ3n) is 5.07. The lowest BCUT2D eigenvalue weighted by Gasteiger charge is -2.35. The molecular formula is C23H27BrN2O4. The second-order valence-electron chi connectivity index (χ2n) is 7.20. The van der Waals surface area contributed by atoms with Crippen LogP contribution in [0.4, 0.5) is 0 Å². The standard InChI is InChI=1S/C23H27BrN2O4/c1-29-20-7-2-5-18(15-20)16-23(28)26-12-10-25(11-13-26)22(27)9-4-14-30-21-8-3-6-19(24)17-21/h2-3,5-8,15,17H,4,9-14,16H2,1H3. The number of nitrogens with zero attached hydrogens (tertiary/aromatic N) is 2. The van der Waals surface area contributed by atoms with E-state index in [0.717, 1.165) is 21.5 Å². The summed E-state index contributed by atoms with van der Waals surface area (Å²) in [6.07, 6.45) is 1.46. The van der Waals surface area contributed by atoms with Crippen molar-refractivity contribution in [3.63, 3.8) is 0 Å². The molecule has 0 radical (unpaired) electrons. The van der Waals surface area contributed by atoms with Gasteiger partial charge in [0.15, 0.2) is 0 Å². The highest BCUT2D eigenvalue weighted by molar-refractivity contribution is 9.10. The van der Waals surface area contributed by atoms with Crippen LogP contribution in [0.25, 0.3) is 0 Å². The van der Waals surface area contributed by atoms with Gasteiger partial charge in [-0.25, -0.2) is 0 Å². The van der Waals surface area contributed by atoms with Gasteiger partial charge in [-0.1, -0.05) is 34.1 Å². The van der Waals surface area contributed by atoms with Crippen molar-refractivity contribution in [3.8, 4) is 11.5 Å². The normalized spacial score (nSPS) is 13.8. The lowest BCUT2D eigenvalue weighted by atomic mass is 10.1. The van der Waals surface area contributed by atoms with Crippen molar-refractivity contribution in [2.45, 2.75) is 19.3 Å². The van der Waals surface area contributed by atoms with Crippen LogP contribution in [0.1, 0.15) is 18.4 Å². The number of hydrogen-bond acceptors (Lipinski definition) is 4. The molecule has 0 aliphatic carbocycles. The number of ether oxygens (including phenoxy) is 2. The molecule has 0 spiro atoms. The fraction of sp³-hybridized carbons (Fsp3) is 0.391. The largest absolute Gasteiger partial charge is 0.497 e. The Morgan fingerprint density at radius 1 is 0.933 bits per heavy atom. The third-order valence-corrected chi connectivity index (χ3v) is 5.57. The van der Waals surface area contributed by atoms with Crippen molar-refractivity contribution in [1.29, 1.82) is 0 Å². The SMILES string of the molecule is COc1cccc(CC(=O)N2CCN(C(=O)CCCOc3cccc(Br)c3)CC2)c1. The maximum Gasteiger partial charge on any atom is 0.227 e. The first-order valence-electron chi connectivity index (χ1n) is 10.1. The topological polar surface area (TPSA) is 59.1 Å². The first-order valence-corrected chi connectivity index (χ1v) is 10.9. The van der Waals surface area contributed by atoms with Gasteiger partial charge in [0.25, 0.3) is 0 Å². The Morgan fingerprint density at radius 3 is 2.30 bits per heavy atom. The van der Waals surface area contributed by atoms with E-state index in [1.54, 1.807) is 7.11 Å². The fourth-order valence-corrected chi connectivity index (χ4v) is 3.78. The van der Waals surface area contributed by atoms with Crippen LogP contribution in [0.5, 0.6) is 11.5 Å². The Labute approximate surface area is 185 Å². The molecule has 7 heteroatoms. The van der Waals surface area contributed by atoms with Crippen LogP contribution in [0.2, 0.25) is 0 Å². The Balaban J connectivity index is 1.36. The van der Waals surface area contributed by atoms with Crippen molar-refractivity contribution in [1.82, 2.24) is 9.80 Å². The summed E-state index contributed by atoms with van der Waals surface area (Å²) in [6.45, 7) is 2.80. The Kier molecular flexibility index (Phi) is 8.13. The number of benzene rings is 2. The van der Waals surface area contributed by atoms with Crippen molar-refractivity contribution < 1.29 is 19.1 Å². The molecule has 3 rings (SSSR count). The lowest BCUT2D eigenvalue weighted by Crippen LogP contribution is -2.51. The molecule has 1 aliphatic heterocycles. The molecule has 0 unspecified atom stereocenters. The van der Waals surface area contributed by atoms with E-state index in [2.05, 4.69) is 15.9 Å². The number of amides is 2. The molecule has 6 nitrogen and oxygen atoms in total. The first kappa shape index (κ1) is 22.2. The van der Waals surface area contributed by atoms with Gasteiger partial charge in [-0.15, -0.1) is 0 Å². The van der Waals surface area contributed by atoms with E-state index in [1.807, 2.05) is 58.3 Å². The van der Waals surface area contributed by atoms with Crippen LogP contribution in [0.3, 0.4) is 0 Å². The second-order valence-corrected chi connectivity index (χ2v) is 8.11. The molecule has 2 aromatic rings.